The first-order valence-corrected chi connectivity index (χ1v) is 9.18. The number of rotatable bonds is 3. The Morgan fingerprint density at radius 2 is 2.00 bits per heavy atom. The summed E-state index contributed by atoms with van der Waals surface area (Å²) in [7, 11) is 0. The first-order chi connectivity index (χ1) is 11.5. The van der Waals surface area contributed by atoms with Crippen molar-refractivity contribution in [1.29, 1.82) is 0 Å². The van der Waals surface area contributed by atoms with E-state index in [2.05, 4.69) is 11.1 Å². The summed E-state index contributed by atoms with van der Waals surface area (Å²) in [4.78, 5) is 2.36. The van der Waals surface area contributed by atoms with Crippen molar-refractivity contribution >= 4 is 39.8 Å². The molecule has 3 aromatic rings. The molecule has 0 bridgehead atoms. The predicted molar refractivity (Wildman–Crippen MR) is 101 cm³/mol. The number of fused-ring (bicyclic) bond motifs is 3. The van der Waals surface area contributed by atoms with Gasteiger partial charge in [0.2, 0.25) is 0 Å². The molecule has 1 aromatic heterocycles. The molecule has 0 fully saturated rings. The monoisotopic (exact) mass is 357 g/mol. The molecular formula is C20H17ClFNS. The predicted octanol–water partition coefficient (Wildman–Crippen LogP) is 6.56. The summed E-state index contributed by atoms with van der Waals surface area (Å²) >= 11 is 7.73. The zero-order valence-electron chi connectivity index (χ0n) is 13.4. The molecule has 0 saturated carbocycles. The minimum absolute atomic E-state index is 0.198. The van der Waals surface area contributed by atoms with Crippen LogP contribution in [0, 0.1) is 5.82 Å². The van der Waals surface area contributed by atoms with Crippen LogP contribution in [0.25, 0.3) is 16.5 Å². The number of aryl methyl sites for hydroxylation is 1. The van der Waals surface area contributed by atoms with Crippen molar-refractivity contribution in [2.45, 2.75) is 36.1 Å². The van der Waals surface area contributed by atoms with Crippen LogP contribution in [-0.2, 0) is 13.0 Å². The van der Waals surface area contributed by atoms with Crippen LogP contribution in [0.1, 0.15) is 24.6 Å². The normalized spacial score (nSPS) is 13.5. The van der Waals surface area contributed by atoms with E-state index in [9.17, 15) is 4.39 Å². The van der Waals surface area contributed by atoms with Crippen molar-refractivity contribution < 1.29 is 4.39 Å². The SMILES string of the molecule is C=C(C)c1cc(F)cc2c1c(Sc1ccc(Cl)cc1)c1n2CCC1. The van der Waals surface area contributed by atoms with E-state index in [-0.39, 0.29) is 5.82 Å². The van der Waals surface area contributed by atoms with E-state index in [0.29, 0.717) is 0 Å². The van der Waals surface area contributed by atoms with E-state index in [1.807, 2.05) is 31.2 Å². The van der Waals surface area contributed by atoms with Gasteiger partial charge in [-0.3, -0.25) is 0 Å². The number of allylic oxidation sites excluding steroid dienone is 1. The van der Waals surface area contributed by atoms with E-state index in [1.165, 1.54) is 10.6 Å². The molecular weight excluding hydrogens is 341 g/mol. The Morgan fingerprint density at radius 3 is 2.71 bits per heavy atom. The lowest BCUT2D eigenvalue weighted by Crippen LogP contribution is -1.92. The Morgan fingerprint density at radius 1 is 1.25 bits per heavy atom. The van der Waals surface area contributed by atoms with Crippen LogP contribution in [0.3, 0.4) is 0 Å². The third kappa shape index (κ3) is 2.56. The molecule has 24 heavy (non-hydrogen) atoms. The summed E-state index contributed by atoms with van der Waals surface area (Å²) in [6.45, 7) is 6.95. The lowest BCUT2D eigenvalue weighted by Gasteiger charge is -2.08. The van der Waals surface area contributed by atoms with Crippen molar-refractivity contribution in [3.05, 3.63) is 65.1 Å². The van der Waals surface area contributed by atoms with Crippen molar-refractivity contribution in [2.75, 3.05) is 0 Å². The highest BCUT2D eigenvalue weighted by Gasteiger charge is 2.24. The number of aromatic nitrogens is 1. The molecule has 4 heteroatoms. The Hall–Kier alpha value is -1.71. The van der Waals surface area contributed by atoms with Gasteiger partial charge in [0, 0.05) is 32.4 Å². The molecule has 0 amide bonds. The molecule has 4 rings (SSSR count). The van der Waals surface area contributed by atoms with Gasteiger partial charge >= 0.3 is 0 Å². The van der Waals surface area contributed by atoms with Gasteiger partial charge in [0.05, 0.1) is 5.52 Å². The third-order valence-corrected chi connectivity index (χ3v) is 5.88. The van der Waals surface area contributed by atoms with Crippen LogP contribution in [0.2, 0.25) is 5.02 Å². The van der Waals surface area contributed by atoms with Crippen LogP contribution in [0.15, 0.2) is 52.8 Å². The van der Waals surface area contributed by atoms with E-state index in [4.69, 9.17) is 11.6 Å². The second kappa shape index (κ2) is 5.98. The summed E-state index contributed by atoms with van der Waals surface area (Å²) in [6.07, 6.45) is 2.14. The highest BCUT2D eigenvalue weighted by atomic mass is 35.5. The van der Waals surface area contributed by atoms with Crippen molar-refractivity contribution in [3.8, 4) is 0 Å². The topological polar surface area (TPSA) is 4.93 Å². The molecule has 122 valence electrons. The van der Waals surface area contributed by atoms with Crippen molar-refractivity contribution in [3.63, 3.8) is 0 Å². The molecule has 1 aliphatic rings. The second-order valence-corrected chi connectivity index (χ2v) is 7.74. The minimum atomic E-state index is -0.198. The standard InChI is InChI=1S/C20H17ClFNS/c1-12(2)16-10-14(22)11-18-19(16)20(17-4-3-9-23(17)18)24-15-7-5-13(21)6-8-15/h5-8,10-11H,1,3-4,9H2,2H3. The van der Waals surface area contributed by atoms with Gasteiger partial charge in [-0.25, -0.2) is 4.39 Å². The number of hydrogen-bond acceptors (Lipinski definition) is 1. The van der Waals surface area contributed by atoms with E-state index in [1.54, 1.807) is 23.9 Å². The Kier molecular flexibility index (Phi) is 3.93. The van der Waals surface area contributed by atoms with Gasteiger partial charge in [-0.15, -0.1) is 0 Å². The quantitative estimate of drug-likeness (QED) is 0.513. The fourth-order valence-electron chi connectivity index (χ4n) is 3.43. The van der Waals surface area contributed by atoms with Crippen LogP contribution < -0.4 is 0 Å². The van der Waals surface area contributed by atoms with Crippen LogP contribution in [0.5, 0.6) is 0 Å². The van der Waals surface area contributed by atoms with Crippen LogP contribution in [-0.4, -0.2) is 4.57 Å². The molecule has 0 saturated heterocycles. The summed E-state index contributed by atoms with van der Waals surface area (Å²) in [5, 5.41) is 1.86. The molecule has 0 spiro atoms. The van der Waals surface area contributed by atoms with E-state index in [0.717, 1.165) is 51.3 Å². The van der Waals surface area contributed by atoms with Gasteiger partial charge in [-0.05, 0) is 61.7 Å². The maximum absolute atomic E-state index is 14.1. The first-order valence-electron chi connectivity index (χ1n) is 7.98. The maximum Gasteiger partial charge on any atom is 0.125 e. The Balaban J connectivity index is 1.96. The largest absolute Gasteiger partial charge is 0.343 e. The molecule has 0 aliphatic carbocycles. The zero-order valence-corrected chi connectivity index (χ0v) is 15.0. The minimum Gasteiger partial charge on any atom is -0.343 e. The number of halogens is 2. The smallest absolute Gasteiger partial charge is 0.125 e. The maximum atomic E-state index is 14.1. The highest BCUT2D eigenvalue weighted by molar-refractivity contribution is 7.99. The summed E-state index contributed by atoms with van der Waals surface area (Å²) in [5.41, 5.74) is 4.08. The number of hydrogen-bond donors (Lipinski definition) is 0. The summed E-state index contributed by atoms with van der Waals surface area (Å²) in [5.74, 6) is -0.198. The average Bonchev–Trinajstić information content (AvgIpc) is 3.12. The van der Waals surface area contributed by atoms with Crippen molar-refractivity contribution in [1.82, 2.24) is 4.57 Å². The fourth-order valence-corrected chi connectivity index (χ4v) is 4.71. The lowest BCUT2D eigenvalue weighted by molar-refractivity contribution is 0.627. The zero-order chi connectivity index (χ0) is 16.8. The molecule has 2 aromatic carbocycles. The number of benzene rings is 2. The molecule has 0 atom stereocenters. The molecule has 0 radical (unpaired) electrons. The highest BCUT2D eigenvalue weighted by Crippen LogP contribution is 2.44. The summed E-state index contributed by atoms with van der Waals surface area (Å²) in [6, 6.07) is 11.1. The third-order valence-electron chi connectivity index (χ3n) is 4.48. The van der Waals surface area contributed by atoms with Gasteiger partial charge in [0.1, 0.15) is 5.82 Å². The number of nitrogens with zero attached hydrogens (tertiary/aromatic N) is 1. The van der Waals surface area contributed by atoms with Gasteiger partial charge in [-0.2, -0.15) is 0 Å². The molecule has 2 heterocycles. The first kappa shape index (κ1) is 15.8. The Labute approximate surface area is 150 Å². The average molecular weight is 358 g/mol. The molecule has 1 nitrogen and oxygen atoms in total. The van der Waals surface area contributed by atoms with Crippen LogP contribution >= 0.6 is 23.4 Å². The van der Waals surface area contributed by atoms with Gasteiger partial charge < -0.3 is 4.57 Å². The molecule has 1 aliphatic heterocycles. The second-order valence-electron chi connectivity index (χ2n) is 6.21. The van der Waals surface area contributed by atoms with Gasteiger partial charge in [-0.1, -0.05) is 35.5 Å². The summed E-state index contributed by atoms with van der Waals surface area (Å²) < 4.78 is 16.4. The van der Waals surface area contributed by atoms with Crippen molar-refractivity contribution in [2.24, 2.45) is 0 Å². The van der Waals surface area contributed by atoms with Gasteiger partial charge in [0.15, 0.2) is 0 Å². The Bertz CT molecular complexity index is 956. The molecule has 0 N–H and O–H groups in total. The van der Waals surface area contributed by atoms with E-state index < -0.39 is 0 Å². The van der Waals surface area contributed by atoms with Gasteiger partial charge in [0.25, 0.3) is 0 Å². The fraction of sp³-hybridized carbons (Fsp3) is 0.200. The van der Waals surface area contributed by atoms with Crippen LogP contribution in [0.4, 0.5) is 4.39 Å². The van der Waals surface area contributed by atoms with E-state index >= 15 is 0 Å². The molecule has 0 unspecified atom stereocenters. The lowest BCUT2D eigenvalue weighted by atomic mass is 10.0.